The Bertz CT molecular complexity index is 1030. The Kier molecular flexibility index (Phi) is 6.00. The molecule has 3 rings (SSSR count). The molecule has 2 N–H and O–H groups in total. The maximum atomic E-state index is 11.9. The fourth-order valence-electron chi connectivity index (χ4n) is 2.46. The zero-order valence-corrected chi connectivity index (χ0v) is 16.3. The van der Waals surface area contributed by atoms with Gasteiger partial charge in [0.05, 0.1) is 16.8 Å². The van der Waals surface area contributed by atoms with Crippen molar-refractivity contribution in [3.63, 3.8) is 0 Å². The van der Waals surface area contributed by atoms with Crippen molar-refractivity contribution in [2.24, 2.45) is 0 Å². The van der Waals surface area contributed by atoms with Crippen molar-refractivity contribution < 1.29 is 19.1 Å². The molecule has 0 unspecified atom stereocenters. The Morgan fingerprint density at radius 2 is 1.79 bits per heavy atom. The Hall–Kier alpha value is -3.26. The lowest BCUT2D eigenvalue weighted by Crippen LogP contribution is -2.14. The van der Waals surface area contributed by atoms with Crippen LogP contribution in [0.25, 0.3) is 10.2 Å². The molecule has 0 fully saturated rings. The van der Waals surface area contributed by atoms with E-state index in [4.69, 9.17) is 4.74 Å². The predicted octanol–water partition coefficient (Wildman–Crippen LogP) is 4.35. The van der Waals surface area contributed by atoms with Crippen molar-refractivity contribution in [3.05, 3.63) is 42.5 Å². The van der Waals surface area contributed by atoms with Gasteiger partial charge in [0.25, 0.3) is 0 Å². The van der Waals surface area contributed by atoms with Crippen LogP contribution in [0.4, 0.5) is 10.8 Å². The number of ether oxygens (including phenoxy) is 1. The molecule has 28 heavy (non-hydrogen) atoms. The fraction of sp³-hybridized carbons (Fsp3) is 0.200. The molecule has 0 bridgehead atoms. The van der Waals surface area contributed by atoms with Gasteiger partial charge in [0.15, 0.2) is 5.13 Å². The molecule has 0 aliphatic rings. The lowest BCUT2D eigenvalue weighted by Gasteiger charge is -2.09. The van der Waals surface area contributed by atoms with Gasteiger partial charge in [0.2, 0.25) is 11.8 Å². The van der Waals surface area contributed by atoms with Crippen molar-refractivity contribution >= 4 is 50.0 Å². The van der Waals surface area contributed by atoms with Gasteiger partial charge >= 0.3 is 0 Å². The number of amides is 2. The van der Waals surface area contributed by atoms with Gasteiger partial charge in [-0.3, -0.25) is 14.4 Å². The zero-order chi connectivity index (χ0) is 20.1. The highest BCUT2D eigenvalue weighted by Crippen LogP contribution is 2.36. The second-order valence-electron chi connectivity index (χ2n) is 6.08. The molecule has 0 saturated heterocycles. The maximum Gasteiger partial charge on any atom is 0.233 e. The van der Waals surface area contributed by atoms with E-state index in [0.717, 1.165) is 4.70 Å². The van der Waals surface area contributed by atoms with Crippen LogP contribution in [0.5, 0.6) is 11.5 Å². The minimum absolute atomic E-state index is 0.159. The van der Waals surface area contributed by atoms with Gasteiger partial charge in [0, 0.05) is 18.6 Å². The molecule has 0 radical (unpaired) electrons. The molecular formula is C20H19N3O4S. The standard InChI is InChI=1S/C20H19N3O4S/c1-3-17(25)21-15-10-14(27-13-7-5-4-6-8-13)11-16-19(15)23-20(28-16)22-18(26)9-12(2)24/h4-8,10-11H,3,9H2,1-2H3,(H,21,25)(H,22,23,26). The summed E-state index contributed by atoms with van der Waals surface area (Å²) in [5.41, 5.74) is 1.05. The van der Waals surface area contributed by atoms with Crippen molar-refractivity contribution in [2.75, 3.05) is 10.6 Å². The maximum absolute atomic E-state index is 11.9. The number of anilines is 2. The van der Waals surface area contributed by atoms with E-state index in [1.54, 1.807) is 19.1 Å². The molecule has 3 aromatic rings. The molecule has 1 heterocycles. The number of para-hydroxylation sites is 1. The summed E-state index contributed by atoms with van der Waals surface area (Å²) in [6.07, 6.45) is 0.106. The smallest absolute Gasteiger partial charge is 0.233 e. The largest absolute Gasteiger partial charge is 0.457 e. The number of rotatable bonds is 7. The fourth-order valence-corrected chi connectivity index (χ4v) is 3.40. The highest BCUT2D eigenvalue weighted by atomic mass is 32.1. The minimum atomic E-state index is -0.425. The molecule has 0 spiro atoms. The Morgan fingerprint density at radius 3 is 2.46 bits per heavy atom. The van der Waals surface area contributed by atoms with Crippen LogP contribution < -0.4 is 15.4 Å². The third kappa shape index (κ3) is 4.92. The van der Waals surface area contributed by atoms with E-state index in [1.165, 1.54) is 18.3 Å². The van der Waals surface area contributed by atoms with Gasteiger partial charge in [0.1, 0.15) is 22.8 Å². The normalized spacial score (nSPS) is 10.5. The quantitative estimate of drug-likeness (QED) is 0.578. The highest BCUT2D eigenvalue weighted by molar-refractivity contribution is 7.22. The van der Waals surface area contributed by atoms with E-state index in [9.17, 15) is 14.4 Å². The molecule has 0 atom stereocenters. The Balaban J connectivity index is 1.96. The van der Waals surface area contributed by atoms with Gasteiger partial charge in [-0.15, -0.1) is 0 Å². The van der Waals surface area contributed by atoms with Gasteiger partial charge in [-0.1, -0.05) is 36.5 Å². The summed E-state index contributed by atoms with van der Waals surface area (Å²) >= 11 is 1.24. The summed E-state index contributed by atoms with van der Waals surface area (Å²) in [6, 6.07) is 12.8. The highest BCUT2D eigenvalue weighted by Gasteiger charge is 2.15. The molecule has 0 aliphatic heterocycles. The van der Waals surface area contributed by atoms with Crippen molar-refractivity contribution in [3.8, 4) is 11.5 Å². The van der Waals surface area contributed by atoms with E-state index in [2.05, 4.69) is 15.6 Å². The third-order valence-electron chi connectivity index (χ3n) is 3.70. The average molecular weight is 397 g/mol. The molecule has 2 aromatic carbocycles. The van der Waals surface area contributed by atoms with E-state index < -0.39 is 5.91 Å². The summed E-state index contributed by atoms with van der Waals surface area (Å²) in [5, 5.41) is 5.79. The zero-order valence-electron chi connectivity index (χ0n) is 15.4. The van der Waals surface area contributed by atoms with Crippen molar-refractivity contribution in [1.29, 1.82) is 0 Å². The lowest BCUT2D eigenvalue weighted by molar-refractivity contribution is -0.124. The Labute approximate surface area is 165 Å². The molecule has 1 aromatic heterocycles. The SMILES string of the molecule is CCC(=O)Nc1cc(Oc2ccccc2)cc2sc(NC(=O)CC(C)=O)nc12. The average Bonchev–Trinajstić information content (AvgIpc) is 3.04. The van der Waals surface area contributed by atoms with Crippen LogP contribution in [0.2, 0.25) is 0 Å². The molecule has 8 heteroatoms. The van der Waals surface area contributed by atoms with Gasteiger partial charge in [-0.05, 0) is 19.1 Å². The minimum Gasteiger partial charge on any atom is -0.457 e. The number of aromatic nitrogens is 1. The van der Waals surface area contributed by atoms with Gasteiger partial charge < -0.3 is 15.4 Å². The summed E-state index contributed by atoms with van der Waals surface area (Å²) < 4.78 is 6.62. The van der Waals surface area contributed by atoms with Crippen LogP contribution in [-0.2, 0) is 14.4 Å². The van der Waals surface area contributed by atoms with Crippen molar-refractivity contribution in [1.82, 2.24) is 4.98 Å². The molecule has 144 valence electrons. The number of ketones is 1. The van der Waals surface area contributed by atoms with Crippen LogP contribution in [0.1, 0.15) is 26.7 Å². The Morgan fingerprint density at radius 1 is 1.04 bits per heavy atom. The number of fused-ring (bicyclic) bond motifs is 1. The summed E-state index contributed by atoms with van der Waals surface area (Å²) in [6.45, 7) is 3.11. The number of hydrogen-bond acceptors (Lipinski definition) is 6. The molecule has 0 aliphatic carbocycles. The van der Waals surface area contributed by atoms with Crippen LogP contribution in [0.15, 0.2) is 42.5 Å². The van der Waals surface area contributed by atoms with Crippen molar-refractivity contribution in [2.45, 2.75) is 26.7 Å². The van der Waals surface area contributed by atoms with E-state index >= 15 is 0 Å². The lowest BCUT2D eigenvalue weighted by atomic mass is 10.2. The second-order valence-corrected chi connectivity index (χ2v) is 7.11. The van der Waals surface area contributed by atoms with Crippen LogP contribution in [0, 0.1) is 0 Å². The molecule has 2 amide bonds. The van der Waals surface area contributed by atoms with Crippen LogP contribution in [-0.4, -0.2) is 22.6 Å². The third-order valence-corrected chi connectivity index (χ3v) is 4.62. The summed E-state index contributed by atoms with van der Waals surface area (Å²) in [4.78, 5) is 39.3. The predicted molar refractivity (Wildman–Crippen MR) is 109 cm³/mol. The first-order valence-corrected chi connectivity index (χ1v) is 9.53. The molecular weight excluding hydrogens is 378 g/mol. The first-order chi connectivity index (χ1) is 13.4. The first-order valence-electron chi connectivity index (χ1n) is 8.71. The number of hydrogen-bond donors (Lipinski definition) is 2. The molecule has 0 saturated carbocycles. The number of carbonyl (C=O) groups is 3. The molecule has 7 nitrogen and oxygen atoms in total. The first kappa shape index (κ1) is 19.5. The monoisotopic (exact) mass is 397 g/mol. The number of nitrogens with zero attached hydrogens (tertiary/aromatic N) is 1. The summed E-state index contributed by atoms with van der Waals surface area (Å²) in [7, 11) is 0. The van der Waals surface area contributed by atoms with Gasteiger partial charge in [-0.25, -0.2) is 4.98 Å². The van der Waals surface area contributed by atoms with E-state index in [1.807, 2.05) is 30.3 Å². The topological polar surface area (TPSA) is 97.4 Å². The number of Topliss-reactive ketones (excluding diaryl/α,β-unsaturated/α-hetero) is 1. The van der Waals surface area contributed by atoms with E-state index in [-0.39, 0.29) is 18.1 Å². The summed E-state index contributed by atoms with van der Waals surface area (Å²) in [5.74, 6) is 0.386. The second kappa shape index (κ2) is 8.62. The van der Waals surface area contributed by atoms with Crippen LogP contribution in [0.3, 0.4) is 0 Å². The van der Waals surface area contributed by atoms with Gasteiger partial charge in [-0.2, -0.15) is 0 Å². The van der Waals surface area contributed by atoms with E-state index in [0.29, 0.717) is 34.3 Å². The number of nitrogens with one attached hydrogen (secondary N) is 2. The number of carbonyl (C=O) groups excluding carboxylic acids is 3. The van der Waals surface area contributed by atoms with Crippen LogP contribution >= 0.6 is 11.3 Å². The number of thiazole rings is 1. The number of benzene rings is 2.